The van der Waals surface area contributed by atoms with E-state index in [2.05, 4.69) is 9.80 Å². The van der Waals surface area contributed by atoms with Gasteiger partial charge in [0.15, 0.2) is 5.78 Å². The standard InChI is InChI=1S/C21H21ClN4O3S/c22-15-3-1-2-4-16(15)24-10-7-23(8-11-24)9-12-26-20(28)14-13-30-19-17(27)5-6-25(18(14)19)21(26)29/h1-4,13H,5-12H2. The number of rotatable bonds is 4. The number of nitrogens with zero attached hydrogens (tertiary/aromatic N) is 4. The van der Waals surface area contributed by atoms with E-state index in [9.17, 15) is 14.4 Å². The Labute approximate surface area is 181 Å². The van der Waals surface area contributed by atoms with Crippen molar-refractivity contribution in [2.45, 2.75) is 19.5 Å². The summed E-state index contributed by atoms with van der Waals surface area (Å²) in [7, 11) is 0. The average Bonchev–Trinajstić information content (AvgIpc) is 3.20. The number of carbonyl (C=O) groups excluding carboxylic acids is 1. The van der Waals surface area contributed by atoms with Crippen LogP contribution in [-0.2, 0) is 13.1 Å². The van der Waals surface area contributed by atoms with E-state index in [0.29, 0.717) is 41.8 Å². The zero-order chi connectivity index (χ0) is 20.8. The first kappa shape index (κ1) is 19.5. The fourth-order valence-electron chi connectivity index (χ4n) is 4.34. The number of benzene rings is 1. The van der Waals surface area contributed by atoms with E-state index in [1.165, 1.54) is 15.9 Å². The maximum absolute atomic E-state index is 13.0. The Morgan fingerprint density at radius 1 is 0.967 bits per heavy atom. The van der Waals surface area contributed by atoms with Crippen LogP contribution in [0, 0.1) is 0 Å². The molecular weight excluding hydrogens is 424 g/mol. The predicted molar refractivity (Wildman–Crippen MR) is 119 cm³/mol. The number of halogens is 1. The summed E-state index contributed by atoms with van der Waals surface area (Å²) in [6.45, 7) is 4.69. The average molecular weight is 445 g/mol. The number of aryl methyl sites for hydroxylation is 1. The van der Waals surface area contributed by atoms with E-state index in [-0.39, 0.29) is 17.0 Å². The van der Waals surface area contributed by atoms with E-state index in [1.54, 1.807) is 9.95 Å². The fourth-order valence-corrected chi connectivity index (χ4v) is 5.61. The van der Waals surface area contributed by atoms with Crippen LogP contribution in [0.3, 0.4) is 0 Å². The number of aromatic nitrogens is 2. The SMILES string of the molecule is O=C1CCn2c(=O)n(CCN3CCN(c4ccccc4Cl)CC3)c(=O)c3csc1c32. The smallest absolute Gasteiger partial charge is 0.331 e. The van der Waals surface area contributed by atoms with Crippen molar-refractivity contribution in [2.24, 2.45) is 0 Å². The van der Waals surface area contributed by atoms with Crippen LogP contribution in [0.1, 0.15) is 16.1 Å². The van der Waals surface area contributed by atoms with Crippen LogP contribution in [0.2, 0.25) is 5.02 Å². The largest absolute Gasteiger partial charge is 0.368 e. The number of carbonyl (C=O) groups is 1. The van der Waals surface area contributed by atoms with Crippen molar-refractivity contribution >= 4 is 45.3 Å². The summed E-state index contributed by atoms with van der Waals surface area (Å²) in [4.78, 5) is 43.0. The second-order valence-electron chi connectivity index (χ2n) is 7.67. The van der Waals surface area contributed by atoms with Gasteiger partial charge in [-0.2, -0.15) is 0 Å². The Morgan fingerprint density at radius 2 is 1.73 bits per heavy atom. The van der Waals surface area contributed by atoms with Gasteiger partial charge in [-0.05, 0) is 12.1 Å². The Balaban J connectivity index is 1.32. The highest BCUT2D eigenvalue weighted by atomic mass is 35.5. The van der Waals surface area contributed by atoms with Crippen molar-refractivity contribution < 1.29 is 4.79 Å². The molecule has 1 fully saturated rings. The van der Waals surface area contributed by atoms with Crippen LogP contribution in [-0.4, -0.2) is 52.5 Å². The summed E-state index contributed by atoms with van der Waals surface area (Å²) in [5, 5.41) is 2.94. The lowest BCUT2D eigenvalue weighted by Crippen LogP contribution is -2.49. The van der Waals surface area contributed by atoms with E-state index in [1.807, 2.05) is 24.3 Å². The molecule has 0 spiro atoms. The van der Waals surface area contributed by atoms with Crippen LogP contribution in [0.4, 0.5) is 5.69 Å². The van der Waals surface area contributed by atoms with Crippen LogP contribution in [0.25, 0.3) is 10.9 Å². The van der Waals surface area contributed by atoms with Crippen molar-refractivity contribution in [1.82, 2.24) is 14.0 Å². The molecule has 1 saturated heterocycles. The third-order valence-corrected chi connectivity index (χ3v) is 7.32. The minimum absolute atomic E-state index is 0.0166. The van der Waals surface area contributed by atoms with Gasteiger partial charge in [0, 0.05) is 57.6 Å². The topological polar surface area (TPSA) is 67.6 Å². The maximum Gasteiger partial charge on any atom is 0.331 e. The van der Waals surface area contributed by atoms with Gasteiger partial charge in [-0.3, -0.25) is 23.6 Å². The molecule has 0 saturated carbocycles. The lowest BCUT2D eigenvalue weighted by Gasteiger charge is -2.36. The minimum atomic E-state index is -0.311. The fraction of sp³-hybridized carbons (Fsp3) is 0.381. The molecule has 0 N–H and O–H groups in total. The Bertz CT molecular complexity index is 1250. The molecule has 0 atom stereocenters. The quantitative estimate of drug-likeness (QED) is 0.617. The second-order valence-corrected chi connectivity index (χ2v) is 8.96. The highest BCUT2D eigenvalue weighted by molar-refractivity contribution is 7.13. The summed E-state index contributed by atoms with van der Waals surface area (Å²) in [5.41, 5.74) is 0.962. The van der Waals surface area contributed by atoms with E-state index < -0.39 is 0 Å². The highest BCUT2D eigenvalue weighted by Crippen LogP contribution is 2.28. The molecule has 0 aliphatic carbocycles. The summed E-state index contributed by atoms with van der Waals surface area (Å²) in [6, 6.07) is 7.84. The zero-order valence-corrected chi connectivity index (χ0v) is 17.9. The van der Waals surface area contributed by atoms with Gasteiger partial charge >= 0.3 is 5.69 Å². The van der Waals surface area contributed by atoms with Gasteiger partial charge in [-0.25, -0.2) is 4.79 Å². The van der Waals surface area contributed by atoms with Crippen molar-refractivity contribution in [3.63, 3.8) is 0 Å². The monoisotopic (exact) mass is 444 g/mol. The lowest BCUT2D eigenvalue weighted by molar-refractivity contribution is 0.0976. The first-order valence-electron chi connectivity index (χ1n) is 10.0. The van der Waals surface area contributed by atoms with Crippen LogP contribution in [0.5, 0.6) is 0 Å². The molecule has 4 heterocycles. The number of hydrogen-bond acceptors (Lipinski definition) is 6. The maximum atomic E-state index is 13.0. The lowest BCUT2D eigenvalue weighted by atomic mass is 10.1. The van der Waals surface area contributed by atoms with Gasteiger partial charge in [-0.15, -0.1) is 11.3 Å². The Hall–Kier alpha value is -2.42. The van der Waals surface area contributed by atoms with Crippen molar-refractivity contribution in [1.29, 1.82) is 0 Å². The summed E-state index contributed by atoms with van der Waals surface area (Å²) < 4.78 is 2.92. The summed E-state index contributed by atoms with van der Waals surface area (Å²) in [6.07, 6.45) is 0.310. The molecule has 0 amide bonds. The van der Waals surface area contributed by atoms with Gasteiger partial charge in [0.1, 0.15) is 0 Å². The molecule has 0 bridgehead atoms. The van der Waals surface area contributed by atoms with E-state index in [0.717, 1.165) is 36.9 Å². The first-order valence-corrected chi connectivity index (χ1v) is 11.3. The molecule has 2 aliphatic rings. The number of thiophene rings is 1. The summed E-state index contributed by atoms with van der Waals surface area (Å²) in [5.74, 6) is 0.0166. The van der Waals surface area contributed by atoms with Gasteiger partial charge in [0.05, 0.1) is 26.5 Å². The van der Waals surface area contributed by atoms with E-state index in [4.69, 9.17) is 11.6 Å². The number of para-hydroxylation sites is 1. The second kappa shape index (κ2) is 7.68. The Morgan fingerprint density at radius 3 is 2.50 bits per heavy atom. The predicted octanol–water partition coefficient (Wildman–Crippen LogP) is 2.29. The molecule has 30 heavy (non-hydrogen) atoms. The highest BCUT2D eigenvalue weighted by Gasteiger charge is 2.26. The molecule has 3 aromatic rings. The normalized spacial score (nSPS) is 17.1. The van der Waals surface area contributed by atoms with Gasteiger partial charge in [-0.1, -0.05) is 23.7 Å². The van der Waals surface area contributed by atoms with Crippen molar-refractivity contribution in [3.05, 3.63) is 60.4 Å². The third kappa shape index (κ3) is 3.19. The summed E-state index contributed by atoms with van der Waals surface area (Å²) >= 11 is 7.58. The molecule has 0 unspecified atom stereocenters. The number of anilines is 1. The number of ketones is 1. The Kier molecular flexibility index (Phi) is 5.00. The van der Waals surface area contributed by atoms with Gasteiger partial charge in [0.25, 0.3) is 5.56 Å². The first-order chi connectivity index (χ1) is 14.5. The van der Waals surface area contributed by atoms with Crippen LogP contribution < -0.4 is 16.1 Å². The van der Waals surface area contributed by atoms with Crippen LogP contribution in [0.15, 0.2) is 39.2 Å². The molecule has 156 valence electrons. The van der Waals surface area contributed by atoms with Crippen molar-refractivity contribution in [3.8, 4) is 0 Å². The molecule has 9 heteroatoms. The molecule has 5 rings (SSSR count). The minimum Gasteiger partial charge on any atom is -0.368 e. The van der Waals surface area contributed by atoms with Gasteiger partial charge < -0.3 is 4.90 Å². The number of Topliss-reactive ketones (excluding diaryl/α,β-unsaturated/α-hetero) is 1. The molecule has 2 aliphatic heterocycles. The van der Waals surface area contributed by atoms with Gasteiger partial charge in [0.2, 0.25) is 0 Å². The molecule has 7 nitrogen and oxygen atoms in total. The van der Waals surface area contributed by atoms with E-state index >= 15 is 0 Å². The molecule has 0 radical (unpaired) electrons. The molecule has 1 aromatic carbocycles. The number of hydrogen-bond donors (Lipinski definition) is 0. The number of piperazine rings is 1. The van der Waals surface area contributed by atoms with Crippen LogP contribution >= 0.6 is 22.9 Å². The zero-order valence-electron chi connectivity index (χ0n) is 16.3. The molecule has 2 aromatic heterocycles. The van der Waals surface area contributed by atoms with Crippen molar-refractivity contribution in [2.75, 3.05) is 37.6 Å². The third-order valence-electron chi connectivity index (χ3n) is 5.99. The molecular formula is C21H21ClN4O3S.